The largest absolute Gasteiger partial charge is 0.505 e. The van der Waals surface area contributed by atoms with Crippen molar-refractivity contribution in [3.05, 3.63) is 40.5 Å². The van der Waals surface area contributed by atoms with E-state index in [1.165, 1.54) is 0 Å². The lowest BCUT2D eigenvalue weighted by Gasteiger charge is -2.32. The molecule has 9 heteroatoms. The second-order valence-electron chi connectivity index (χ2n) is 9.86. The van der Waals surface area contributed by atoms with E-state index in [4.69, 9.17) is 25.6 Å². The highest BCUT2D eigenvalue weighted by atomic mass is 35.5. The van der Waals surface area contributed by atoms with Crippen molar-refractivity contribution in [2.45, 2.75) is 65.3 Å². The Bertz CT molecular complexity index is 1050. The van der Waals surface area contributed by atoms with E-state index in [1.807, 2.05) is 27.7 Å². The molecule has 32 heavy (non-hydrogen) atoms. The van der Waals surface area contributed by atoms with Crippen LogP contribution >= 0.6 is 11.6 Å². The molecule has 1 aliphatic heterocycles. The second kappa shape index (κ2) is 8.58. The van der Waals surface area contributed by atoms with Gasteiger partial charge in [-0.3, -0.25) is 4.98 Å². The number of amides is 1. The molecule has 2 heterocycles. The van der Waals surface area contributed by atoms with E-state index in [0.717, 1.165) is 0 Å². The van der Waals surface area contributed by atoms with Gasteiger partial charge in [0, 0.05) is 23.7 Å². The Labute approximate surface area is 194 Å². The van der Waals surface area contributed by atoms with E-state index >= 15 is 0 Å². The fourth-order valence-corrected chi connectivity index (χ4v) is 3.47. The molecule has 2 N–H and O–H groups in total. The van der Waals surface area contributed by atoms with E-state index in [9.17, 15) is 9.90 Å². The van der Waals surface area contributed by atoms with Crippen molar-refractivity contribution in [2.24, 2.45) is 0 Å². The first-order valence-electron chi connectivity index (χ1n) is 10.5. The third-order valence-corrected chi connectivity index (χ3v) is 5.89. The monoisotopic (exact) mass is 460 g/mol. The number of ether oxygens (including phenoxy) is 1. The van der Waals surface area contributed by atoms with Crippen molar-refractivity contribution in [2.75, 3.05) is 6.54 Å². The number of aromatic hydroxyl groups is 1. The van der Waals surface area contributed by atoms with Gasteiger partial charge in [0.1, 0.15) is 16.9 Å². The van der Waals surface area contributed by atoms with Crippen LogP contribution in [-0.2, 0) is 14.0 Å². The number of nitrogens with one attached hydrogen (secondary N) is 1. The molecule has 1 aliphatic rings. The number of aromatic nitrogens is 1. The Kier molecular flexibility index (Phi) is 6.53. The molecule has 172 valence electrons. The minimum absolute atomic E-state index is 0.0173. The van der Waals surface area contributed by atoms with Crippen molar-refractivity contribution in [3.63, 3.8) is 0 Å². The summed E-state index contributed by atoms with van der Waals surface area (Å²) in [4.78, 5) is 16.5. The number of hydrogen-bond acceptors (Lipinski definition) is 6. The number of fused-ring (bicyclic) bond motifs is 1. The molecular formula is C23H30BClN2O5. The normalized spacial score (nSPS) is 18.1. The maximum Gasteiger partial charge on any atom is 0.492 e. The van der Waals surface area contributed by atoms with Gasteiger partial charge in [-0.15, -0.1) is 0 Å². The fourth-order valence-electron chi connectivity index (χ4n) is 3.20. The summed E-state index contributed by atoms with van der Waals surface area (Å²) in [6, 6.07) is 5.19. The number of pyridine rings is 1. The van der Waals surface area contributed by atoms with E-state index in [-0.39, 0.29) is 12.3 Å². The molecule has 1 fully saturated rings. The zero-order valence-corrected chi connectivity index (χ0v) is 20.3. The Morgan fingerprint density at radius 3 is 2.50 bits per heavy atom. The third kappa shape index (κ3) is 5.19. The minimum Gasteiger partial charge on any atom is -0.505 e. The average molecular weight is 461 g/mol. The maximum atomic E-state index is 12.3. The molecule has 0 unspecified atom stereocenters. The molecule has 1 aromatic heterocycles. The molecule has 1 amide bonds. The van der Waals surface area contributed by atoms with E-state index in [0.29, 0.717) is 27.0 Å². The maximum absolute atomic E-state index is 12.3. The van der Waals surface area contributed by atoms with Crippen LogP contribution in [0.2, 0.25) is 5.02 Å². The smallest absolute Gasteiger partial charge is 0.492 e. The standard InChI is InChI=1S/C23H30BClN2O5/c1-21(2,3)30-20(29)27-13-15(24-31-22(4,5)23(6,7)32-24)11-14-12-17(25)16-9-8-10-26-18(16)19(14)28/h8-12,28H,13H2,1-7H3,(H,27,29). The summed E-state index contributed by atoms with van der Waals surface area (Å²) in [5, 5.41) is 14.7. The van der Waals surface area contributed by atoms with Crippen LogP contribution in [0.25, 0.3) is 17.0 Å². The van der Waals surface area contributed by atoms with Crippen molar-refractivity contribution in [1.82, 2.24) is 10.3 Å². The van der Waals surface area contributed by atoms with Crippen LogP contribution in [0.5, 0.6) is 5.75 Å². The van der Waals surface area contributed by atoms with Crippen LogP contribution in [0.1, 0.15) is 54.0 Å². The van der Waals surface area contributed by atoms with Crippen molar-refractivity contribution in [1.29, 1.82) is 0 Å². The highest BCUT2D eigenvalue weighted by Gasteiger charge is 2.52. The van der Waals surface area contributed by atoms with Gasteiger partial charge in [-0.25, -0.2) is 4.79 Å². The number of phenols is 1. The fraction of sp³-hybridized carbons (Fsp3) is 0.478. The number of halogens is 1. The van der Waals surface area contributed by atoms with Gasteiger partial charge in [0.15, 0.2) is 0 Å². The van der Waals surface area contributed by atoms with Gasteiger partial charge in [0.05, 0.1) is 16.2 Å². The molecule has 3 rings (SSSR count). The Morgan fingerprint density at radius 2 is 1.91 bits per heavy atom. The molecule has 1 saturated heterocycles. The molecule has 0 atom stereocenters. The van der Waals surface area contributed by atoms with Crippen LogP contribution in [0.3, 0.4) is 0 Å². The van der Waals surface area contributed by atoms with Crippen LogP contribution in [0.15, 0.2) is 29.9 Å². The van der Waals surface area contributed by atoms with E-state index in [1.54, 1.807) is 51.2 Å². The molecule has 0 radical (unpaired) electrons. The Balaban J connectivity index is 1.99. The summed E-state index contributed by atoms with van der Waals surface area (Å²) < 4.78 is 17.7. The Morgan fingerprint density at radius 1 is 1.28 bits per heavy atom. The zero-order valence-electron chi connectivity index (χ0n) is 19.6. The van der Waals surface area contributed by atoms with Gasteiger partial charge >= 0.3 is 13.2 Å². The van der Waals surface area contributed by atoms with Gasteiger partial charge in [0.25, 0.3) is 0 Å². The summed E-state index contributed by atoms with van der Waals surface area (Å²) in [6.07, 6.45) is 2.72. The number of hydrogen-bond donors (Lipinski definition) is 2. The summed E-state index contributed by atoms with van der Waals surface area (Å²) in [7, 11) is -0.743. The van der Waals surface area contributed by atoms with Gasteiger partial charge < -0.3 is 24.5 Å². The summed E-state index contributed by atoms with van der Waals surface area (Å²) in [5.74, 6) is -0.0173. The highest BCUT2D eigenvalue weighted by molar-refractivity contribution is 6.56. The lowest BCUT2D eigenvalue weighted by molar-refractivity contribution is 0.00578. The predicted molar refractivity (Wildman–Crippen MR) is 127 cm³/mol. The number of carbonyl (C=O) groups excluding carboxylic acids is 1. The summed E-state index contributed by atoms with van der Waals surface area (Å²) in [5.41, 5.74) is -0.359. The molecule has 0 spiro atoms. The topological polar surface area (TPSA) is 89.9 Å². The van der Waals surface area contributed by atoms with Gasteiger partial charge in [0.2, 0.25) is 0 Å². The SMILES string of the molecule is CC(C)(C)OC(=O)NCC(=Cc1cc(Cl)c2cccnc2c1O)B1OC(C)(C)C(C)(C)O1. The van der Waals surface area contributed by atoms with Gasteiger partial charge in [-0.05, 0) is 72.1 Å². The zero-order chi connectivity index (χ0) is 23.9. The first kappa shape index (κ1) is 24.4. The molecule has 1 aromatic carbocycles. The number of alkyl carbamates (subject to hydrolysis) is 1. The van der Waals surface area contributed by atoms with Crippen molar-refractivity contribution >= 4 is 41.8 Å². The molecule has 0 bridgehead atoms. The third-order valence-electron chi connectivity index (χ3n) is 5.58. The molecule has 2 aromatic rings. The number of phenolic OH excluding ortho intramolecular Hbond substituents is 1. The first-order chi connectivity index (χ1) is 14.7. The predicted octanol–water partition coefficient (Wildman–Crippen LogP) is 5.13. The number of nitrogens with zero attached hydrogens (tertiary/aromatic N) is 1. The van der Waals surface area contributed by atoms with Crippen LogP contribution in [-0.4, -0.2) is 46.7 Å². The van der Waals surface area contributed by atoms with Crippen LogP contribution in [0, 0.1) is 0 Å². The lowest BCUT2D eigenvalue weighted by Crippen LogP contribution is -2.41. The highest BCUT2D eigenvalue weighted by Crippen LogP contribution is 2.40. The molecular weight excluding hydrogens is 431 g/mol. The van der Waals surface area contributed by atoms with Crippen molar-refractivity contribution in [3.8, 4) is 5.75 Å². The molecule has 0 aliphatic carbocycles. The van der Waals surface area contributed by atoms with Crippen LogP contribution < -0.4 is 5.32 Å². The van der Waals surface area contributed by atoms with Gasteiger partial charge in [-0.1, -0.05) is 17.7 Å². The number of rotatable bonds is 4. The number of carbonyl (C=O) groups is 1. The Hall–Kier alpha value is -2.29. The first-order valence-corrected chi connectivity index (χ1v) is 10.9. The quantitative estimate of drug-likeness (QED) is 0.615. The minimum atomic E-state index is -0.743. The summed E-state index contributed by atoms with van der Waals surface area (Å²) >= 11 is 6.44. The van der Waals surface area contributed by atoms with Gasteiger partial charge in [-0.2, -0.15) is 0 Å². The number of benzene rings is 1. The average Bonchev–Trinajstić information content (AvgIpc) is 2.88. The summed E-state index contributed by atoms with van der Waals surface area (Å²) in [6.45, 7) is 13.2. The van der Waals surface area contributed by atoms with Crippen molar-refractivity contribution < 1.29 is 23.9 Å². The van der Waals surface area contributed by atoms with E-state index in [2.05, 4.69) is 10.3 Å². The van der Waals surface area contributed by atoms with Crippen LogP contribution in [0.4, 0.5) is 4.79 Å². The lowest BCUT2D eigenvalue weighted by atomic mass is 9.77. The second-order valence-corrected chi connectivity index (χ2v) is 10.3. The molecule has 0 saturated carbocycles. The van der Waals surface area contributed by atoms with E-state index < -0.39 is 30.0 Å². The molecule has 7 nitrogen and oxygen atoms in total.